The molecule has 0 spiro atoms. The summed E-state index contributed by atoms with van der Waals surface area (Å²) >= 11 is 1.31. The molecule has 2 N–H and O–H groups in total. The molecule has 4 aromatic rings. The molecule has 0 saturated carbocycles. The molecule has 1 aromatic heterocycles. The molecule has 0 fully saturated rings. The highest BCUT2D eigenvalue weighted by atomic mass is 32.1. The first kappa shape index (κ1) is 22.0. The number of aromatic nitrogens is 1. The second kappa shape index (κ2) is 9.97. The van der Waals surface area contributed by atoms with E-state index >= 15 is 0 Å². The highest BCUT2D eigenvalue weighted by Gasteiger charge is 2.14. The van der Waals surface area contributed by atoms with E-state index in [4.69, 9.17) is 9.47 Å². The van der Waals surface area contributed by atoms with Crippen molar-refractivity contribution in [1.82, 2.24) is 4.98 Å². The summed E-state index contributed by atoms with van der Waals surface area (Å²) in [5.41, 5.74) is 3.05. The van der Waals surface area contributed by atoms with E-state index in [1.165, 1.54) is 11.3 Å². The summed E-state index contributed by atoms with van der Waals surface area (Å²) in [5, 5.41) is 7.92. The molecule has 2 amide bonds. The van der Waals surface area contributed by atoms with Crippen LogP contribution < -0.4 is 20.1 Å². The van der Waals surface area contributed by atoms with E-state index in [1.807, 2.05) is 29.6 Å². The fraction of sp³-hybridized carbons (Fsp3) is 0.0800. The van der Waals surface area contributed by atoms with Crippen LogP contribution in [0.25, 0.3) is 11.3 Å². The quantitative estimate of drug-likeness (QED) is 0.390. The second-order valence-corrected chi connectivity index (χ2v) is 7.81. The molecule has 0 aliphatic carbocycles. The zero-order chi connectivity index (χ0) is 23.2. The molecule has 33 heavy (non-hydrogen) atoms. The number of thiazole rings is 1. The third-order valence-corrected chi connectivity index (χ3v) is 5.61. The van der Waals surface area contributed by atoms with Gasteiger partial charge in [0.2, 0.25) is 0 Å². The first-order valence-corrected chi connectivity index (χ1v) is 10.9. The molecular formula is C25H21N3O4S. The molecule has 1 heterocycles. The van der Waals surface area contributed by atoms with Gasteiger partial charge in [-0.1, -0.05) is 18.2 Å². The summed E-state index contributed by atoms with van der Waals surface area (Å²) in [6.45, 7) is 0. The number of anilines is 2. The van der Waals surface area contributed by atoms with Crippen LogP contribution in [0.2, 0.25) is 0 Å². The molecule has 4 rings (SSSR count). The molecule has 3 aromatic carbocycles. The minimum Gasteiger partial charge on any atom is -0.497 e. The molecular weight excluding hydrogens is 438 g/mol. The summed E-state index contributed by atoms with van der Waals surface area (Å²) < 4.78 is 10.7. The van der Waals surface area contributed by atoms with E-state index in [-0.39, 0.29) is 11.8 Å². The number of rotatable bonds is 7. The van der Waals surface area contributed by atoms with E-state index in [1.54, 1.807) is 62.8 Å². The average Bonchev–Trinajstić information content (AvgIpc) is 3.32. The van der Waals surface area contributed by atoms with Crippen LogP contribution in [-0.2, 0) is 0 Å². The Balaban J connectivity index is 1.43. The Morgan fingerprint density at radius 3 is 2.21 bits per heavy atom. The van der Waals surface area contributed by atoms with Gasteiger partial charge in [-0.15, -0.1) is 11.3 Å². The van der Waals surface area contributed by atoms with Gasteiger partial charge in [0.25, 0.3) is 11.8 Å². The van der Waals surface area contributed by atoms with E-state index in [0.29, 0.717) is 39.1 Å². The lowest BCUT2D eigenvalue weighted by molar-refractivity contribution is 0.102. The van der Waals surface area contributed by atoms with Crippen molar-refractivity contribution in [2.45, 2.75) is 0 Å². The maximum absolute atomic E-state index is 12.7. The Bertz CT molecular complexity index is 1270. The number of benzene rings is 3. The molecule has 166 valence electrons. The molecule has 0 atom stereocenters. The molecule has 0 saturated heterocycles. The van der Waals surface area contributed by atoms with Crippen LogP contribution in [0.5, 0.6) is 11.5 Å². The van der Waals surface area contributed by atoms with Gasteiger partial charge >= 0.3 is 0 Å². The van der Waals surface area contributed by atoms with Crippen molar-refractivity contribution in [2.75, 3.05) is 24.9 Å². The van der Waals surface area contributed by atoms with Gasteiger partial charge in [0, 0.05) is 27.8 Å². The number of methoxy groups -OCH3 is 2. The number of hydrogen-bond donors (Lipinski definition) is 2. The van der Waals surface area contributed by atoms with Crippen molar-refractivity contribution in [3.63, 3.8) is 0 Å². The van der Waals surface area contributed by atoms with E-state index in [2.05, 4.69) is 15.6 Å². The van der Waals surface area contributed by atoms with Crippen LogP contribution in [0.1, 0.15) is 20.7 Å². The normalized spacial score (nSPS) is 10.4. The van der Waals surface area contributed by atoms with Crippen LogP contribution in [0.3, 0.4) is 0 Å². The van der Waals surface area contributed by atoms with Crippen LogP contribution in [0.15, 0.2) is 78.2 Å². The van der Waals surface area contributed by atoms with Gasteiger partial charge in [0.15, 0.2) is 5.13 Å². The largest absolute Gasteiger partial charge is 0.497 e. The van der Waals surface area contributed by atoms with Gasteiger partial charge in [0.05, 0.1) is 19.9 Å². The van der Waals surface area contributed by atoms with Crippen molar-refractivity contribution in [3.05, 3.63) is 89.3 Å². The summed E-state index contributed by atoms with van der Waals surface area (Å²) in [5.74, 6) is 0.835. The van der Waals surface area contributed by atoms with Gasteiger partial charge in [-0.2, -0.15) is 0 Å². The molecule has 7 nitrogen and oxygen atoms in total. The molecule has 0 unspecified atom stereocenters. The minimum atomic E-state index is -0.297. The number of carbonyl (C=O) groups excluding carboxylic acids is 2. The lowest BCUT2D eigenvalue weighted by Crippen LogP contribution is -2.13. The van der Waals surface area contributed by atoms with Crippen LogP contribution in [-0.4, -0.2) is 31.0 Å². The van der Waals surface area contributed by atoms with Gasteiger partial charge in [-0.3, -0.25) is 14.9 Å². The number of ether oxygens (including phenoxy) is 2. The van der Waals surface area contributed by atoms with E-state index < -0.39 is 0 Å². The maximum atomic E-state index is 12.7. The Labute approximate surface area is 195 Å². The maximum Gasteiger partial charge on any atom is 0.257 e. The molecule has 0 bridgehead atoms. The Morgan fingerprint density at radius 1 is 0.818 bits per heavy atom. The number of amides is 2. The van der Waals surface area contributed by atoms with Crippen molar-refractivity contribution >= 4 is 34.0 Å². The van der Waals surface area contributed by atoms with E-state index in [9.17, 15) is 9.59 Å². The predicted molar refractivity (Wildman–Crippen MR) is 129 cm³/mol. The summed E-state index contributed by atoms with van der Waals surface area (Å²) in [4.78, 5) is 29.4. The Kier molecular flexibility index (Phi) is 6.66. The first-order chi connectivity index (χ1) is 16.1. The highest BCUT2D eigenvalue weighted by Crippen LogP contribution is 2.35. The molecule has 0 aliphatic heterocycles. The van der Waals surface area contributed by atoms with Gasteiger partial charge in [-0.25, -0.2) is 4.98 Å². The number of nitrogens with zero attached hydrogens (tertiary/aromatic N) is 1. The van der Waals surface area contributed by atoms with Crippen LogP contribution in [0, 0.1) is 0 Å². The lowest BCUT2D eigenvalue weighted by Gasteiger charge is -2.08. The number of hydrogen-bond acceptors (Lipinski definition) is 6. The van der Waals surface area contributed by atoms with Crippen molar-refractivity contribution in [1.29, 1.82) is 0 Å². The third kappa shape index (κ3) is 5.19. The summed E-state index contributed by atoms with van der Waals surface area (Å²) in [7, 11) is 3.18. The molecule has 8 heteroatoms. The van der Waals surface area contributed by atoms with Gasteiger partial charge < -0.3 is 14.8 Å². The molecule has 0 radical (unpaired) electrons. The van der Waals surface area contributed by atoms with Gasteiger partial charge in [0.1, 0.15) is 11.5 Å². The third-order valence-electron chi connectivity index (χ3n) is 4.85. The van der Waals surface area contributed by atoms with Crippen molar-refractivity contribution in [2.24, 2.45) is 0 Å². The van der Waals surface area contributed by atoms with Crippen molar-refractivity contribution in [3.8, 4) is 22.8 Å². The topological polar surface area (TPSA) is 89.5 Å². The second-order valence-electron chi connectivity index (χ2n) is 6.96. The van der Waals surface area contributed by atoms with Gasteiger partial charge in [-0.05, 0) is 54.6 Å². The fourth-order valence-electron chi connectivity index (χ4n) is 3.14. The minimum absolute atomic E-state index is 0.212. The summed E-state index contributed by atoms with van der Waals surface area (Å²) in [6, 6.07) is 21.0. The Hall–Kier alpha value is -4.17. The molecule has 0 aliphatic rings. The van der Waals surface area contributed by atoms with Crippen LogP contribution in [0.4, 0.5) is 10.8 Å². The first-order valence-electron chi connectivity index (χ1n) is 10.0. The zero-order valence-corrected chi connectivity index (χ0v) is 18.8. The average molecular weight is 460 g/mol. The fourth-order valence-corrected chi connectivity index (χ4v) is 3.84. The Morgan fingerprint density at radius 2 is 1.52 bits per heavy atom. The monoisotopic (exact) mass is 459 g/mol. The number of carbonyl (C=O) groups is 2. The predicted octanol–water partition coefficient (Wildman–Crippen LogP) is 5.33. The van der Waals surface area contributed by atoms with E-state index in [0.717, 1.165) is 5.56 Å². The number of nitrogens with one attached hydrogen (secondary N) is 2. The highest BCUT2D eigenvalue weighted by molar-refractivity contribution is 7.14. The van der Waals surface area contributed by atoms with Crippen molar-refractivity contribution < 1.29 is 19.1 Å². The standard InChI is InChI=1S/C25H21N3O4S/c1-31-19-12-13-22(32-2)20(14-19)21-15-33-25(27-21)28-24(30)17-8-10-18(11-9-17)26-23(29)16-6-4-3-5-7-16/h3-15H,1-2H3,(H,26,29)(H,27,28,30). The van der Waals surface area contributed by atoms with Crippen LogP contribution >= 0.6 is 11.3 Å². The summed E-state index contributed by atoms with van der Waals surface area (Å²) in [6.07, 6.45) is 0. The zero-order valence-electron chi connectivity index (χ0n) is 18.0. The SMILES string of the molecule is COc1ccc(OC)c(-c2csc(NC(=O)c3ccc(NC(=O)c4ccccc4)cc3)n2)c1. The smallest absolute Gasteiger partial charge is 0.257 e. The lowest BCUT2D eigenvalue weighted by atomic mass is 10.1.